The Morgan fingerprint density at radius 3 is 1.88 bits per heavy atom. The van der Waals surface area contributed by atoms with Crippen LogP contribution in [0.15, 0.2) is 12.1 Å². The maximum atomic E-state index is 12.6. The Hall–Kier alpha value is -1.95. The molecule has 0 unspecified atom stereocenters. The Kier molecular flexibility index (Phi) is 8.03. The van der Waals surface area contributed by atoms with Crippen molar-refractivity contribution in [2.45, 2.75) is 40.2 Å². The van der Waals surface area contributed by atoms with E-state index in [-0.39, 0.29) is 11.4 Å². The number of nitrogens with zero attached hydrogens (tertiary/aromatic N) is 1. The van der Waals surface area contributed by atoms with Gasteiger partial charge in [0.05, 0.1) is 19.8 Å². The number of ether oxygens (including phenoxy) is 3. The molecule has 6 heteroatoms. The van der Waals surface area contributed by atoms with Gasteiger partial charge in [-0.05, 0) is 60.8 Å². The highest BCUT2D eigenvalue weighted by Gasteiger charge is 2.23. The standard InChI is InChI=1S/C19H32N2O4/c1-8-23-15-11-14(12-16(24-9-2)17(15)25-10-3)18(22)20-13-19(4,5)21(6)7/h11-12H,8-10,13H2,1-7H3,(H,20,22). The van der Waals surface area contributed by atoms with Crippen LogP contribution in [0, 0.1) is 0 Å². The molecule has 0 aliphatic heterocycles. The van der Waals surface area contributed by atoms with E-state index >= 15 is 0 Å². The van der Waals surface area contributed by atoms with E-state index in [1.54, 1.807) is 12.1 Å². The van der Waals surface area contributed by atoms with Gasteiger partial charge in [0.2, 0.25) is 5.75 Å². The third-order valence-electron chi connectivity index (χ3n) is 4.06. The fourth-order valence-electron chi connectivity index (χ4n) is 2.08. The van der Waals surface area contributed by atoms with Crippen molar-refractivity contribution in [3.8, 4) is 17.2 Å². The quantitative estimate of drug-likeness (QED) is 0.701. The summed E-state index contributed by atoms with van der Waals surface area (Å²) in [5.74, 6) is 1.41. The molecule has 0 atom stereocenters. The first-order valence-corrected chi connectivity index (χ1v) is 8.78. The Balaban J connectivity index is 3.11. The highest BCUT2D eigenvalue weighted by atomic mass is 16.5. The first-order chi connectivity index (χ1) is 11.8. The van der Waals surface area contributed by atoms with Crippen molar-refractivity contribution in [3.05, 3.63) is 17.7 Å². The maximum Gasteiger partial charge on any atom is 0.251 e. The monoisotopic (exact) mass is 352 g/mol. The van der Waals surface area contributed by atoms with Gasteiger partial charge in [0, 0.05) is 17.6 Å². The Morgan fingerprint density at radius 2 is 1.48 bits per heavy atom. The highest BCUT2D eigenvalue weighted by Crippen LogP contribution is 2.39. The lowest BCUT2D eigenvalue weighted by atomic mass is 10.0. The third-order valence-corrected chi connectivity index (χ3v) is 4.06. The molecule has 0 heterocycles. The summed E-state index contributed by atoms with van der Waals surface area (Å²) in [6.45, 7) is 11.8. The molecule has 0 aliphatic carbocycles. The number of benzene rings is 1. The second kappa shape index (κ2) is 9.51. The zero-order valence-electron chi connectivity index (χ0n) is 16.6. The predicted octanol–water partition coefficient (Wildman–Crippen LogP) is 2.95. The lowest BCUT2D eigenvalue weighted by molar-refractivity contribution is 0.0918. The molecule has 142 valence electrons. The first-order valence-electron chi connectivity index (χ1n) is 8.78. The van der Waals surface area contributed by atoms with Crippen LogP contribution in [-0.2, 0) is 0 Å². The largest absolute Gasteiger partial charge is 0.490 e. The van der Waals surface area contributed by atoms with Crippen LogP contribution in [0.25, 0.3) is 0 Å². The van der Waals surface area contributed by atoms with Gasteiger partial charge in [0.15, 0.2) is 11.5 Å². The van der Waals surface area contributed by atoms with Crippen molar-refractivity contribution in [3.63, 3.8) is 0 Å². The minimum atomic E-state index is -0.167. The number of carbonyl (C=O) groups excluding carboxylic acids is 1. The van der Waals surface area contributed by atoms with Crippen LogP contribution in [0.1, 0.15) is 45.0 Å². The molecule has 0 aromatic heterocycles. The molecule has 0 radical (unpaired) electrons. The van der Waals surface area contributed by atoms with Crippen molar-refractivity contribution in [1.29, 1.82) is 0 Å². The van der Waals surface area contributed by atoms with Gasteiger partial charge in [-0.15, -0.1) is 0 Å². The van der Waals surface area contributed by atoms with Gasteiger partial charge in [-0.25, -0.2) is 0 Å². The Morgan fingerprint density at radius 1 is 1.00 bits per heavy atom. The topological polar surface area (TPSA) is 60.0 Å². The van der Waals surface area contributed by atoms with Crippen molar-refractivity contribution < 1.29 is 19.0 Å². The highest BCUT2D eigenvalue weighted by molar-refractivity contribution is 5.95. The summed E-state index contributed by atoms with van der Waals surface area (Å²) < 4.78 is 17.0. The molecule has 1 aromatic rings. The predicted molar refractivity (Wildman–Crippen MR) is 100 cm³/mol. The van der Waals surface area contributed by atoms with Gasteiger partial charge < -0.3 is 24.4 Å². The average molecular weight is 352 g/mol. The Bertz CT molecular complexity index is 544. The van der Waals surface area contributed by atoms with Crippen molar-refractivity contribution in [2.24, 2.45) is 0 Å². The first kappa shape index (κ1) is 21.1. The van der Waals surface area contributed by atoms with Crippen LogP contribution in [0.5, 0.6) is 17.2 Å². The summed E-state index contributed by atoms with van der Waals surface area (Å²) in [5.41, 5.74) is 0.344. The molecular formula is C19H32N2O4. The molecule has 0 bridgehead atoms. The van der Waals surface area contributed by atoms with E-state index in [1.807, 2.05) is 34.9 Å². The molecule has 0 fully saturated rings. The molecular weight excluding hydrogens is 320 g/mol. The molecule has 1 rings (SSSR count). The van der Waals surface area contributed by atoms with Crippen LogP contribution in [0.3, 0.4) is 0 Å². The molecule has 6 nitrogen and oxygen atoms in total. The SMILES string of the molecule is CCOc1cc(C(=O)NCC(C)(C)N(C)C)cc(OCC)c1OCC. The van der Waals surface area contributed by atoms with Crippen LogP contribution >= 0.6 is 0 Å². The van der Waals surface area contributed by atoms with Crippen LogP contribution in [-0.4, -0.2) is 56.8 Å². The summed E-state index contributed by atoms with van der Waals surface area (Å²) in [5, 5.41) is 2.98. The van der Waals surface area contributed by atoms with E-state index in [4.69, 9.17) is 14.2 Å². The molecule has 1 amide bonds. The smallest absolute Gasteiger partial charge is 0.251 e. The molecule has 1 aromatic carbocycles. The summed E-state index contributed by atoms with van der Waals surface area (Å²) in [6, 6.07) is 3.41. The second-order valence-corrected chi connectivity index (χ2v) is 6.49. The zero-order valence-corrected chi connectivity index (χ0v) is 16.6. The van der Waals surface area contributed by atoms with E-state index in [2.05, 4.69) is 24.1 Å². The van der Waals surface area contributed by atoms with Gasteiger partial charge in [0.25, 0.3) is 5.91 Å². The molecule has 0 spiro atoms. The fourth-order valence-corrected chi connectivity index (χ4v) is 2.08. The van der Waals surface area contributed by atoms with Crippen LogP contribution < -0.4 is 19.5 Å². The van der Waals surface area contributed by atoms with E-state index in [0.717, 1.165) is 0 Å². The average Bonchev–Trinajstić information content (AvgIpc) is 2.55. The summed E-state index contributed by atoms with van der Waals surface area (Å²) >= 11 is 0. The van der Waals surface area contributed by atoms with Crippen molar-refractivity contribution in [2.75, 3.05) is 40.5 Å². The van der Waals surface area contributed by atoms with E-state index < -0.39 is 0 Å². The number of nitrogens with one attached hydrogen (secondary N) is 1. The second-order valence-electron chi connectivity index (χ2n) is 6.49. The van der Waals surface area contributed by atoms with E-state index in [1.165, 1.54) is 0 Å². The molecule has 1 N–H and O–H groups in total. The number of carbonyl (C=O) groups is 1. The third kappa shape index (κ3) is 5.81. The van der Waals surface area contributed by atoms with Crippen LogP contribution in [0.2, 0.25) is 0 Å². The lowest BCUT2D eigenvalue weighted by Gasteiger charge is -2.32. The van der Waals surface area contributed by atoms with E-state index in [0.29, 0.717) is 49.2 Å². The zero-order chi connectivity index (χ0) is 19.0. The van der Waals surface area contributed by atoms with Gasteiger partial charge >= 0.3 is 0 Å². The van der Waals surface area contributed by atoms with Gasteiger partial charge in [0.1, 0.15) is 0 Å². The molecule has 25 heavy (non-hydrogen) atoms. The normalized spacial score (nSPS) is 11.4. The van der Waals surface area contributed by atoms with Crippen molar-refractivity contribution >= 4 is 5.91 Å². The number of amides is 1. The number of hydrogen-bond acceptors (Lipinski definition) is 5. The van der Waals surface area contributed by atoms with Gasteiger partial charge in [-0.2, -0.15) is 0 Å². The summed E-state index contributed by atoms with van der Waals surface area (Å²) in [4.78, 5) is 14.7. The van der Waals surface area contributed by atoms with Gasteiger partial charge in [-0.1, -0.05) is 0 Å². The fraction of sp³-hybridized carbons (Fsp3) is 0.632. The molecule has 0 aliphatic rings. The van der Waals surface area contributed by atoms with E-state index in [9.17, 15) is 4.79 Å². The lowest BCUT2D eigenvalue weighted by Crippen LogP contribution is -2.48. The van der Waals surface area contributed by atoms with Crippen molar-refractivity contribution in [1.82, 2.24) is 10.2 Å². The number of likely N-dealkylation sites (N-methyl/N-ethyl adjacent to an activating group) is 1. The van der Waals surface area contributed by atoms with Gasteiger partial charge in [-0.3, -0.25) is 4.79 Å². The number of rotatable bonds is 10. The minimum absolute atomic E-state index is 0.146. The minimum Gasteiger partial charge on any atom is -0.490 e. The summed E-state index contributed by atoms with van der Waals surface area (Å²) in [7, 11) is 3.98. The maximum absolute atomic E-state index is 12.6. The molecule has 0 saturated heterocycles. The molecule has 0 saturated carbocycles. The van der Waals surface area contributed by atoms with Crippen LogP contribution in [0.4, 0.5) is 0 Å². The number of hydrogen-bond donors (Lipinski definition) is 1. The summed E-state index contributed by atoms with van der Waals surface area (Å²) in [6.07, 6.45) is 0. The Labute approximate surface area is 151 Å².